The zero-order valence-electron chi connectivity index (χ0n) is 9.53. The summed E-state index contributed by atoms with van der Waals surface area (Å²) in [4.78, 5) is 23.1. The van der Waals surface area contributed by atoms with Crippen molar-refractivity contribution in [2.24, 2.45) is 5.92 Å². The number of cyclic esters (lactones) is 1. The quantitative estimate of drug-likeness (QED) is 0.590. The van der Waals surface area contributed by atoms with Crippen LogP contribution in [0.25, 0.3) is 0 Å². The predicted molar refractivity (Wildman–Crippen MR) is 62.6 cm³/mol. The molecule has 1 aromatic rings. The maximum absolute atomic E-state index is 11.9. The van der Waals surface area contributed by atoms with Crippen LogP contribution in [0.5, 0.6) is 0 Å². The van der Waals surface area contributed by atoms with Crippen LogP contribution in [0.4, 0.5) is 0 Å². The Labute approximate surface area is 105 Å². The van der Waals surface area contributed by atoms with Crippen LogP contribution in [0.1, 0.15) is 6.42 Å². The highest BCUT2D eigenvalue weighted by Crippen LogP contribution is 2.18. The van der Waals surface area contributed by atoms with Crippen LogP contribution in [0.15, 0.2) is 35.2 Å². The van der Waals surface area contributed by atoms with E-state index in [1.54, 1.807) is 18.2 Å². The number of benzene rings is 1. The van der Waals surface area contributed by atoms with E-state index in [1.807, 2.05) is 0 Å². The molecule has 1 heterocycles. The number of sulfone groups is 1. The van der Waals surface area contributed by atoms with E-state index in [2.05, 4.69) is 4.74 Å². The largest absolute Gasteiger partial charge is 0.465 e. The second kappa shape index (κ2) is 4.89. The molecular formula is C12H12O5S. The fourth-order valence-corrected chi connectivity index (χ4v) is 3.10. The predicted octanol–water partition coefficient (Wildman–Crippen LogP) is 0.593. The van der Waals surface area contributed by atoms with Gasteiger partial charge in [0.15, 0.2) is 15.6 Å². The maximum atomic E-state index is 11.9. The zero-order chi connectivity index (χ0) is 13.2. The molecule has 1 aliphatic heterocycles. The SMILES string of the molecule is O=C(CS(=O)(=O)c1ccccc1)[C@@H]1CCOC1=O. The van der Waals surface area contributed by atoms with Gasteiger partial charge >= 0.3 is 5.97 Å². The summed E-state index contributed by atoms with van der Waals surface area (Å²) in [6.45, 7) is 0.181. The first-order valence-corrected chi connectivity index (χ1v) is 7.13. The Bertz CT molecular complexity index is 561. The Kier molecular flexibility index (Phi) is 3.47. The van der Waals surface area contributed by atoms with Crippen molar-refractivity contribution < 1.29 is 22.7 Å². The van der Waals surface area contributed by atoms with Crippen LogP contribution in [0.3, 0.4) is 0 Å². The third-order valence-electron chi connectivity index (χ3n) is 2.76. The van der Waals surface area contributed by atoms with Gasteiger partial charge in [-0.25, -0.2) is 8.42 Å². The van der Waals surface area contributed by atoms with E-state index >= 15 is 0 Å². The van der Waals surface area contributed by atoms with Gasteiger partial charge in [0.05, 0.1) is 11.5 Å². The molecule has 0 bridgehead atoms. The van der Waals surface area contributed by atoms with E-state index < -0.39 is 33.3 Å². The molecule has 1 atom stereocenters. The van der Waals surface area contributed by atoms with Crippen LogP contribution in [-0.2, 0) is 24.2 Å². The highest BCUT2D eigenvalue weighted by atomic mass is 32.2. The number of carbonyl (C=O) groups excluding carboxylic acids is 2. The van der Waals surface area contributed by atoms with Gasteiger partial charge in [-0.3, -0.25) is 9.59 Å². The van der Waals surface area contributed by atoms with Crippen LogP contribution in [0, 0.1) is 5.92 Å². The lowest BCUT2D eigenvalue weighted by Crippen LogP contribution is -2.26. The Balaban J connectivity index is 2.14. The second-order valence-electron chi connectivity index (χ2n) is 4.05. The molecule has 96 valence electrons. The number of esters is 1. The van der Waals surface area contributed by atoms with Crippen LogP contribution >= 0.6 is 0 Å². The van der Waals surface area contributed by atoms with Crippen molar-refractivity contribution in [2.45, 2.75) is 11.3 Å². The molecule has 0 N–H and O–H groups in total. The van der Waals surface area contributed by atoms with Gasteiger partial charge < -0.3 is 4.74 Å². The van der Waals surface area contributed by atoms with E-state index in [9.17, 15) is 18.0 Å². The van der Waals surface area contributed by atoms with Gasteiger partial charge in [0.1, 0.15) is 11.7 Å². The summed E-state index contributed by atoms with van der Waals surface area (Å²) in [5.74, 6) is -2.80. The van der Waals surface area contributed by atoms with E-state index in [-0.39, 0.29) is 17.9 Å². The summed E-state index contributed by atoms with van der Waals surface area (Å²) < 4.78 is 28.5. The minimum atomic E-state index is -3.68. The van der Waals surface area contributed by atoms with Gasteiger partial charge in [-0.1, -0.05) is 18.2 Å². The molecule has 0 saturated carbocycles. The first-order chi connectivity index (χ1) is 8.50. The van der Waals surface area contributed by atoms with Crippen LogP contribution < -0.4 is 0 Å². The fourth-order valence-electron chi connectivity index (χ4n) is 1.79. The fraction of sp³-hybridized carbons (Fsp3) is 0.333. The van der Waals surface area contributed by atoms with Gasteiger partial charge in [-0.15, -0.1) is 0 Å². The van der Waals surface area contributed by atoms with Crippen molar-refractivity contribution in [2.75, 3.05) is 12.4 Å². The van der Waals surface area contributed by atoms with Gasteiger partial charge in [-0.05, 0) is 12.1 Å². The lowest BCUT2D eigenvalue weighted by molar-refractivity contribution is -0.144. The van der Waals surface area contributed by atoms with Gasteiger partial charge in [0.2, 0.25) is 0 Å². The minimum Gasteiger partial charge on any atom is -0.465 e. The molecule has 18 heavy (non-hydrogen) atoms. The minimum absolute atomic E-state index is 0.0877. The van der Waals surface area contributed by atoms with Gasteiger partial charge in [0, 0.05) is 6.42 Å². The van der Waals surface area contributed by atoms with Crippen LogP contribution in [0.2, 0.25) is 0 Å². The van der Waals surface area contributed by atoms with Gasteiger partial charge in [0.25, 0.3) is 0 Å². The van der Waals surface area contributed by atoms with E-state index in [1.165, 1.54) is 12.1 Å². The van der Waals surface area contributed by atoms with Gasteiger partial charge in [-0.2, -0.15) is 0 Å². The Hall–Kier alpha value is -1.69. The normalized spacial score (nSPS) is 19.6. The van der Waals surface area contributed by atoms with Crippen molar-refractivity contribution >= 4 is 21.6 Å². The third kappa shape index (κ3) is 2.59. The number of Topliss-reactive ketones (excluding diaryl/α,β-unsaturated/α-hetero) is 1. The highest BCUT2D eigenvalue weighted by Gasteiger charge is 2.35. The van der Waals surface area contributed by atoms with Crippen LogP contribution in [-0.4, -0.2) is 32.5 Å². The second-order valence-corrected chi connectivity index (χ2v) is 6.04. The molecule has 5 nitrogen and oxygen atoms in total. The molecule has 1 aliphatic rings. The summed E-state index contributed by atoms with van der Waals surface area (Å²) in [7, 11) is -3.68. The first-order valence-electron chi connectivity index (χ1n) is 5.48. The number of carbonyl (C=O) groups is 2. The third-order valence-corrected chi connectivity index (χ3v) is 4.41. The average molecular weight is 268 g/mol. The smallest absolute Gasteiger partial charge is 0.316 e. The molecule has 0 aliphatic carbocycles. The van der Waals surface area contributed by atoms with Crippen molar-refractivity contribution in [1.29, 1.82) is 0 Å². The number of hydrogen-bond donors (Lipinski definition) is 0. The lowest BCUT2D eigenvalue weighted by Gasteiger charge is -2.06. The highest BCUT2D eigenvalue weighted by molar-refractivity contribution is 7.92. The Morgan fingerprint density at radius 1 is 1.28 bits per heavy atom. The number of hydrogen-bond acceptors (Lipinski definition) is 5. The van der Waals surface area contributed by atoms with Crippen molar-refractivity contribution in [3.8, 4) is 0 Å². The van der Waals surface area contributed by atoms with Crippen molar-refractivity contribution in [1.82, 2.24) is 0 Å². The summed E-state index contributed by atoms with van der Waals surface area (Å²) in [5.41, 5.74) is 0. The molecular weight excluding hydrogens is 256 g/mol. The molecule has 1 saturated heterocycles. The van der Waals surface area contributed by atoms with E-state index in [0.717, 1.165) is 0 Å². The maximum Gasteiger partial charge on any atom is 0.316 e. The van der Waals surface area contributed by atoms with Crippen molar-refractivity contribution in [3.63, 3.8) is 0 Å². The molecule has 0 unspecified atom stereocenters. The summed E-state index contributed by atoms with van der Waals surface area (Å²) in [6.07, 6.45) is 0.266. The molecule has 0 spiro atoms. The first kappa shape index (κ1) is 12.8. The topological polar surface area (TPSA) is 77.5 Å². The molecule has 1 fully saturated rings. The lowest BCUT2D eigenvalue weighted by atomic mass is 10.0. The summed E-state index contributed by atoms with van der Waals surface area (Å²) >= 11 is 0. The van der Waals surface area contributed by atoms with Crippen molar-refractivity contribution in [3.05, 3.63) is 30.3 Å². The molecule has 0 aromatic heterocycles. The monoisotopic (exact) mass is 268 g/mol. The number of ketones is 1. The molecule has 6 heteroatoms. The standard InChI is InChI=1S/C12H12O5S/c13-11(10-6-7-17-12(10)14)8-18(15,16)9-4-2-1-3-5-9/h1-5,10H,6-8H2/t10-/m0/s1. The van der Waals surface area contributed by atoms with E-state index in [4.69, 9.17) is 0 Å². The Morgan fingerprint density at radius 3 is 2.50 bits per heavy atom. The number of rotatable bonds is 4. The molecule has 1 aromatic carbocycles. The summed E-state index contributed by atoms with van der Waals surface area (Å²) in [6, 6.07) is 7.71. The molecule has 0 radical (unpaired) electrons. The zero-order valence-corrected chi connectivity index (χ0v) is 10.4. The number of ether oxygens (including phenoxy) is 1. The Morgan fingerprint density at radius 2 is 1.94 bits per heavy atom. The molecule has 2 rings (SSSR count). The van der Waals surface area contributed by atoms with E-state index in [0.29, 0.717) is 0 Å². The molecule has 0 amide bonds. The average Bonchev–Trinajstić information content (AvgIpc) is 2.76. The summed E-state index contributed by atoms with van der Waals surface area (Å²) in [5, 5.41) is 0.